The van der Waals surface area contributed by atoms with Gasteiger partial charge in [-0.05, 0) is 48.2 Å². The highest BCUT2D eigenvalue weighted by Crippen LogP contribution is 2.18. The molecular formula is C15H15NO2S. The Morgan fingerprint density at radius 1 is 1.21 bits per heavy atom. The minimum absolute atomic E-state index is 0.317. The molecule has 0 saturated carbocycles. The summed E-state index contributed by atoms with van der Waals surface area (Å²) < 4.78 is 0. The molecule has 2 rings (SSSR count). The van der Waals surface area contributed by atoms with Crippen molar-refractivity contribution in [3.63, 3.8) is 0 Å². The van der Waals surface area contributed by atoms with E-state index in [1.165, 1.54) is 4.90 Å². The van der Waals surface area contributed by atoms with E-state index in [1.807, 2.05) is 24.5 Å². The summed E-state index contributed by atoms with van der Waals surface area (Å²) in [5.41, 5.74) is 2.30. The molecule has 0 atom stereocenters. The molecule has 2 aromatic rings. The van der Waals surface area contributed by atoms with Crippen LogP contribution in [0.15, 0.2) is 53.4 Å². The Kier molecular flexibility index (Phi) is 4.47. The van der Waals surface area contributed by atoms with Crippen LogP contribution in [0.4, 0.5) is 5.69 Å². The molecule has 4 heteroatoms. The van der Waals surface area contributed by atoms with Gasteiger partial charge >= 0.3 is 5.97 Å². The number of hydrogen-bond acceptors (Lipinski definition) is 3. The van der Waals surface area contributed by atoms with E-state index in [2.05, 4.69) is 17.4 Å². The molecule has 0 aliphatic rings. The fourth-order valence-corrected chi connectivity index (χ4v) is 2.14. The average molecular weight is 273 g/mol. The van der Waals surface area contributed by atoms with Gasteiger partial charge in [-0.15, -0.1) is 11.8 Å². The molecule has 0 unspecified atom stereocenters. The van der Waals surface area contributed by atoms with E-state index in [4.69, 9.17) is 5.11 Å². The Balaban J connectivity index is 2.01. The first-order valence-electron chi connectivity index (χ1n) is 5.89. The van der Waals surface area contributed by atoms with Crippen LogP contribution in [-0.4, -0.2) is 17.3 Å². The molecule has 98 valence electrons. The van der Waals surface area contributed by atoms with Crippen LogP contribution in [0.3, 0.4) is 0 Å². The third kappa shape index (κ3) is 3.76. The second kappa shape index (κ2) is 6.29. The number of rotatable bonds is 5. The smallest absolute Gasteiger partial charge is 0.335 e. The van der Waals surface area contributed by atoms with E-state index < -0.39 is 5.97 Å². The maximum atomic E-state index is 10.9. The van der Waals surface area contributed by atoms with Gasteiger partial charge in [0.1, 0.15) is 0 Å². The molecule has 2 aromatic carbocycles. The zero-order chi connectivity index (χ0) is 13.7. The number of anilines is 1. The number of benzene rings is 2. The number of thioether (sulfide) groups is 1. The highest BCUT2D eigenvalue weighted by Gasteiger charge is 2.02. The van der Waals surface area contributed by atoms with Gasteiger partial charge in [-0.1, -0.05) is 12.1 Å². The Bertz CT molecular complexity index is 567. The average Bonchev–Trinajstić information content (AvgIpc) is 2.46. The van der Waals surface area contributed by atoms with Crippen molar-refractivity contribution in [2.45, 2.75) is 11.4 Å². The van der Waals surface area contributed by atoms with Crippen molar-refractivity contribution < 1.29 is 9.90 Å². The van der Waals surface area contributed by atoms with E-state index in [0.29, 0.717) is 12.1 Å². The Morgan fingerprint density at radius 3 is 2.58 bits per heavy atom. The molecule has 0 heterocycles. The fourth-order valence-electron chi connectivity index (χ4n) is 1.73. The van der Waals surface area contributed by atoms with Crippen molar-refractivity contribution in [1.82, 2.24) is 0 Å². The van der Waals surface area contributed by atoms with Gasteiger partial charge in [0, 0.05) is 17.1 Å². The summed E-state index contributed by atoms with van der Waals surface area (Å²) in [6.07, 6.45) is 2.04. The zero-order valence-electron chi connectivity index (χ0n) is 10.6. The summed E-state index contributed by atoms with van der Waals surface area (Å²) in [7, 11) is 0. The van der Waals surface area contributed by atoms with E-state index in [1.54, 1.807) is 30.0 Å². The molecule has 0 amide bonds. The van der Waals surface area contributed by atoms with Crippen LogP contribution >= 0.6 is 11.8 Å². The molecular weight excluding hydrogens is 258 g/mol. The lowest BCUT2D eigenvalue weighted by Crippen LogP contribution is -2.02. The lowest BCUT2D eigenvalue weighted by Gasteiger charge is -2.07. The first-order valence-corrected chi connectivity index (χ1v) is 7.11. The minimum atomic E-state index is -0.897. The second-order valence-electron chi connectivity index (χ2n) is 4.09. The first kappa shape index (κ1) is 13.5. The monoisotopic (exact) mass is 273 g/mol. The predicted molar refractivity (Wildman–Crippen MR) is 79.0 cm³/mol. The molecule has 3 nitrogen and oxygen atoms in total. The van der Waals surface area contributed by atoms with E-state index in [0.717, 1.165) is 11.3 Å². The highest BCUT2D eigenvalue weighted by atomic mass is 32.2. The Morgan fingerprint density at radius 2 is 1.95 bits per heavy atom. The molecule has 0 fully saturated rings. The van der Waals surface area contributed by atoms with Gasteiger partial charge in [0.05, 0.1) is 5.56 Å². The Hall–Kier alpha value is -1.94. The summed E-state index contributed by atoms with van der Waals surface area (Å²) in [5.74, 6) is -0.897. The normalized spacial score (nSPS) is 10.2. The first-order chi connectivity index (χ1) is 9.19. The van der Waals surface area contributed by atoms with Crippen molar-refractivity contribution in [2.75, 3.05) is 11.6 Å². The lowest BCUT2D eigenvalue weighted by molar-refractivity contribution is 0.0697. The van der Waals surface area contributed by atoms with Crippen molar-refractivity contribution in [2.24, 2.45) is 0 Å². The molecule has 0 radical (unpaired) electrons. The number of carbonyl (C=O) groups is 1. The molecule has 2 N–H and O–H groups in total. The van der Waals surface area contributed by atoms with Gasteiger partial charge < -0.3 is 10.4 Å². The zero-order valence-corrected chi connectivity index (χ0v) is 11.4. The quantitative estimate of drug-likeness (QED) is 0.815. The molecule has 0 bridgehead atoms. The van der Waals surface area contributed by atoms with Gasteiger partial charge in [0.2, 0.25) is 0 Å². The molecule has 0 spiro atoms. The minimum Gasteiger partial charge on any atom is -0.478 e. The number of hydrogen-bond donors (Lipinski definition) is 2. The molecule has 0 aliphatic heterocycles. The van der Waals surface area contributed by atoms with E-state index in [-0.39, 0.29) is 0 Å². The molecule has 0 aromatic heterocycles. The van der Waals surface area contributed by atoms with Gasteiger partial charge in [-0.25, -0.2) is 4.79 Å². The van der Waals surface area contributed by atoms with Crippen LogP contribution in [0, 0.1) is 0 Å². The standard InChI is InChI=1S/C15H15NO2S/c1-19-14-7-5-13(6-8-14)16-10-11-3-2-4-12(9-11)15(17)18/h2-9,16H,10H2,1H3,(H,17,18). The predicted octanol–water partition coefficient (Wildman–Crippen LogP) is 3.72. The van der Waals surface area contributed by atoms with Gasteiger partial charge in [0.25, 0.3) is 0 Å². The maximum absolute atomic E-state index is 10.9. The molecule has 0 aliphatic carbocycles. The maximum Gasteiger partial charge on any atom is 0.335 e. The van der Waals surface area contributed by atoms with E-state index in [9.17, 15) is 4.79 Å². The summed E-state index contributed by atoms with van der Waals surface area (Å²) >= 11 is 1.70. The van der Waals surface area contributed by atoms with Crippen molar-refractivity contribution in [3.8, 4) is 0 Å². The lowest BCUT2D eigenvalue weighted by atomic mass is 10.1. The van der Waals surface area contributed by atoms with Gasteiger partial charge in [-0.3, -0.25) is 0 Å². The number of carboxylic acids is 1. The van der Waals surface area contributed by atoms with Crippen LogP contribution < -0.4 is 5.32 Å². The van der Waals surface area contributed by atoms with Crippen LogP contribution in [0.2, 0.25) is 0 Å². The van der Waals surface area contributed by atoms with Crippen LogP contribution in [0.1, 0.15) is 15.9 Å². The van der Waals surface area contributed by atoms with Crippen molar-refractivity contribution in [3.05, 3.63) is 59.7 Å². The summed E-state index contributed by atoms with van der Waals surface area (Å²) in [5, 5.41) is 12.2. The van der Waals surface area contributed by atoms with E-state index >= 15 is 0 Å². The second-order valence-corrected chi connectivity index (χ2v) is 4.97. The summed E-state index contributed by atoms with van der Waals surface area (Å²) in [6.45, 7) is 0.611. The third-order valence-electron chi connectivity index (χ3n) is 2.76. The summed E-state index contributed by atoms with van der Waals surface area (Å²) in [4.78, 5) is 12.1. The van der Waals surface area contributed by atoms with Crippen LogP contribution in [0.5, 0.6) is 0 Å². The molecule has 0 saturated heterocycles. The van der Waals surface area contributed by atoms with Crippen molar-refractivity contribution in [1.29, 1.82) is 0 Å². The van der Waals surface area contributed by atoms with Crippen LogP contribution in [0.25, 0.3) is 0 Å². The largest absolute Gasteiger partial charge is 0.478 e. The number of carboxylic acid groups (broad SMARTS) is 1. The van der Waals surface area contributed by atoms with Gasteiger partial charge in [-0.2, -0.15) is 0 Å². The SMILES string of the molecule is CSc1ccc(NCc2cccc(C(=O)O)c2)cc1. The number of aromatic carboxylic acids is 1. The topological polar surface area (TPSA) is 49.3 Å². The fraction of sp³-hybridized carbons (Fsp3) is 0.133. The highest BCUT2D eigenvalue weighted by molar-refractivity contribution is 7.98. The van der Waals surface area contributed by atoms with Crippen molar-refractivity contribution >= 4 is 23.4 Å². The Labute approximate surface area is 116 Å². The third-order valence-corrected chi connectivity index (χ3v) is 3.50. The number of nitrogens with one attached hydrogen (secondary N) is 1. The summed E-state index contributed by atoms with van der Waals surface area (Å²) in [6, 6.07) is 15.1. The molecule has 19 heavy (non-hydrogen) atoms. The van der Waals surface area contributed by atoms with Gasteiger partial charge in [0.15, 0.2) is 0 Å². The van der Waals surface area contributed by atoms with Crippen LogP contribution in [-0.2, 0) is 6.54 Å².